The molecule has 192 valence electrons. The summed E-state index contributed by atoms with van der Waals surface area (Å²) in [5, 5.41) is 7.91. The zero-order valence-corrected chi connectivity index (χ0v) is 21.2. The molecule has 1 unspecified atom stereocenters. The zero-order valence-electron chi connectivity index (χ0n) is 21.2. The normalized spacial score (nSPS) is 21.5. The second kappa shape index (κ2) is 11.1. The third-order valence-electron chi connectivity index (χ3n) is 7.81. The van der Waals surface area contributed by atoms with Gasteiger partial charge in [0.1, 0.15) is 5.82 Å². The summed E-state index contributed by atoms with van der Waals surface area (Å²) in [6, 6.07) is 10.5. The van der Waals surface area contributed by atoms with E-state index in [-0.39, 0.29) is 49.6 Å². The van der Waals surface area contributed by atoms with E-state index in [0.717, 1.165) is 56.0 Å². The maximum atomic E-state index is 13.6. The maximum absolute atomic E-state index is 13.6. The number of amides is 1. The highest BCUT2D eigenvalue weighted by Crippen LogP contribution is 2.36. The fraction of sp³-hybridized carbons (Fsp3) is 0.667. The van der Waals surface area contributed by atoms with Crippen molar-refractivity contribution in [3.63, 3.8) is 0 Å². The number of aryl methyl sites for hydroxylation is 2. The summed E-state index contributed by atoms with van der Waals surface area (Å²) in [7, 11) is 0. The van der Waals surface area contributed by atoms with E-state index in [4.69, 9.17) is 0 Å². The van der Waals surface area contributed by atoms with Gasteiger partial charge in [0.2, 0.25) is 11.8 Å². The Morgan fingerprint density at radius 3 is 2.40 bits per heavy atom. The van der Waals surface area contributed by atoms with Crippen molar-refractivity contribution in [1.82, 2.24) is 25.0 Å². The molecular weight excluding hydrogens is 448 g/mol. The van der Waals surface area contributed by atoms with Crippen molar-refractivity contribution in [3.8, 4) is 0 Å². The van der Waals surface area contributed by atoms with Gasteiger partial charge in [0.15, 0.2) is 5.82 Å². The molecule has 0 spiro atoms. The second-order valence-electron chi connectivity index (χ2n) is 10.3. The second-order valence-corrected chi connectivity index (χ2v) is 10.3. The van der Waals surface area contributed by atoms with Crippen LogP contribution >= 0.6 is 0 Å². The van der Waals surface area contributed by atoms with Crippen LogP contribution in [0.25, 0.3) is 0 Å². The van der Waals surface area contributed by atoms with Crippen molar-refractivity contribution >= 4 is 5.91 Å². The van der Waals surface area contributed by atoms with Gasteiger partial charge in [0.05, 0.1) is 12.1 Å². The van der Waals surface area contributed by atoms with Crippen LogP contribution in [-0.4, -0.2) is 50.6 Å². The molecule has 1 N–H and O–H groups in total. The summed E-state index contributed by atoms with van der Waals surface area (Å²) in [5.74, 6) is -1.15. The molecule has 8 heteroatoms. The number of rotatable bonds is 8. The van der Waals surface area contributed by atoms with E-state index < -0.39 is 5.92 Å². The van der Waals surface area contributed by atoms with Gasteiger partial charge in [0.25, 0.3) is 0 Å². The Labute approximate surface area is 207 Å². The van der Waals surface area contributed by atoms with Crippen LogP contribution in [-0.2, 0) is 11.2 Å². The molecule has 1 amide bonds. The highest BCUT2D eigenvalue weighted by Gasteiger charge is 2.38. The summed E-state index contributed by atoms with van der Waals surface area (Å²) < 4.78 is 29.3. The molecule has 35 heavy (non-hydrogen) atoms. The fourth-order valence-corrected chi connectivity index (χ4v) is 5.57. The highest BCUT2D eigenvalue weighted by molar-refractivity contribution is 5.79. The third kappa shape index (κ3) is 6.46. The average Bonchev–Trinajstić information content (AvgIpc) is 3.24. The topological polar surface area (TPSA) is 63.1 Å². The smallest absolute Gasteiger partial charge is 0.248 e. The lowest BCUT2D eigenvalue weighted by molar-refractivity contribution is -0.130. The van der Waals surface area contributed by atoms with Gasteiger partial charge in [-0.1, -0.05) is 37.3 Å². The molecule has 4 rings (SSSR count). The molecule has 1 aliphatic heterocycles. The van der Waals surface area contributed by atoms with E-state index >= 15 is 0 Å². The number of nitrogens with one attached hydrogen (secondary N) is 1. The van der Waals surface area contributed by atoms with Crippen LogP contribution in [0.3, 0.4) is 0 Å². The van der Waals surface area contributed by atoms with Crippen molar-refractivity contribution in [3.05, 3.63) is 47.5 Å². The van der Waals surface area contributed by atoms with E-state index in [0.29, 0.717) is 6.04 Å². The minimum Gasteiger partial charge on any atom is -0.349 e. The van der Waals surface area contributed by atoms with E-state index in [1.54, 1.807) is 0 Å². The molecule has 1 saturated carbocycles. The molecule has 1 saturated heterocycles. The van der Waals surface area contributed by atoms with Gasteiger partial charge in [-0.3, -0.25) is 4.79 Å². The summed E-state index contributed by atoms with van der Waals surface area (Å²) in [5.41, 5.74) is 1.06. The lowest BCUT2D eigenvalue weighted by atomic mass is 9.85. The number of carbonyl (C=O) groups is 1. The van der Waals surface area contributed by atoms with Gasteiger partial charge in [-0.25, -0.2) is 18.4 Å². The van der Waals surface area contributed by atoms with Crippen molar-refractivity contribution < 1.29 is 13.6 Å². The first-order chi connectivity index (χ1) is 16.8. The molecule has 1 aliphatic carbocycles. The Morgan fingerprint density at radius 1 is 1.14 bits per heavy atom. The Balaban J connectivity index is 1.36. The van der Waals surface area contributed by atoms with Crippen LogP contribution in [0, 0.1) is 12.8 Å². The monoisotopic (exact) mass is 487 g/mol. The van der Waals surface area contributed by atoms with Gasteiger partial charge >= 0.3 is 0 Å². The molecule has 0 bridgehead atoms. The molecule has 1 aromatic carbocycles. The quantitative estimate of drug-likeness (QED) is 0.553. The predicted octanol–water partition coefficient (Wildman–Crippen LogP) is 5.25. The molecule has 2 atom stereocenters. The molecule has 2 fully saturated rings. The Kier molecular flexibility index (Phi) is 8.19. The van der Waals surface area contributed by atoms with Crippen molar-refractivity contribution in [2.24, 2.45) is 5.92 Å². The number of likely N-dealkylation sites (tertiary alicyclic amines) is 1. The van der Waals surface area contributed by atoms with Gasteiger partial charge < -0.3 is 10.2 Å². The number of hydrogen-bond acceptors (Lipinski definition) is 4. The van der Waals surface area contributed by atoms with Crippen LogP contribution in [0.2, 0.25) is 0 Å². The zero-order chi connectivity index (χ0) is 25.0. The minimum atomic E-state index is -2.63. The molecule has 2 heterocycles. The standard InChI is InChI=1S/C27H39F2N5O/c1-4-25-30-20(3)34(32-25)23-12-16-33(17-13-23)19(2)18-24(21-8-6-5-7-9-21)31-26(35)22-10-14-27(28,29)15-11-22/h5-9,19,22-24H,4,10-18H2,1-3H3,(H,31,35)/t19?,24-/m0/s1. The van der Waals surface area contributed by atoms with Crippen LogP contribution in [0.5, 0.6) is 0 Å². The van der Waals surface area contributed by atoms with E-state index in [1.165, 1.54) is 0 Å². The summed E-state index contributed by atoms with van der Waals surface area (Å²) in [6.07, 6.45) is 3.79. The number of benzene rings is 1. The lowest BCUT2D eigenvalue weighted by Crippen LogP contribution is -2.44. The first kappa shape index (κ1) is 25.7. The number of nitrogens with zero attached hydrogens (tertiary/aromatic N) is 4. The number of hydrogen-bond donors (Lipinski definition) is 1. The maximum Gasteiger partial charge on any atom is 0.248 e. The lowest BCUT2D eigenvalue weighted by Gasteiger charge is -2.38. The Bertz CT molecular complexity index is 961. The fourth-order valence-electron chi connectivity index (χ4n) is 5.57. The third-order valence-corrected chi connectivity index (χ3v) is 7.81. The molecular formula is C27H39F2N5O. The SMILES string of the molecule is CCc1nc(C)n(C2CCN(C(C)C[C@H](NC(=O)C3CCC(F)(F)CC3)c3ccccc3)CC2)n1. The van der Waals surface area contributed by atoms with E-state index in [1.807, 2.05) is 37.3 Å². The highest BCUT2D eigenvalue weighted by atomic mass is 19.3. The number of piperidine rings is 1. The average molecular weight is 488 g/mol. The molecule has 2 aromatic rings. The van der Waals surface area contributed by atoms with E-state index in [9.17, 15) is 13.6 Å². The van der Waals surface area contributed by atoms with Crippen LogP contribution < -0.4 is 5.32 Å². The van der Waals surface area contributed by atoms with Crippen molar-refractivity contribution in [2.45, 2.75) is 96.2 Å². The summed E-state index contributed by atoms with van der Waals surface area (Å²) in [6.45, 7) is 8.27. The minimum absolute atomic E-state index is 0.0892. The summed E-state index contributed by atoms with van der Waals surface area (Å²) in [4.78, 5) is 20.1. The largest absolute Gasteiger partial charge is 0.349 e. The number of carbonyl (C=O) groups excluding carboxylic acids is 1. The first-order valence-corrected chi connectivity index (χ1v) is 13.1. The van der Waals surface area contributed by atoms with Gasteiger partial charge in [-0.15, -0.1) is 0 Å². The summed E-state index contributed by atoms with van der Waals surface area (Å²) >= 11 is 0. The van der Waals surface area contributed by atoms with Crippen LogP contribution in [0.15, 0.2) is 30.3 Å². The van der Waals surface area contributed by atoms with Gasteiger partial charge in [-0.05, 0) is 51.5 Å². The van der Waals surface area contributed by atoms with Gasteiger partial charge in [-0.2, -0.15) is 5.10 Å². The van der Waals surface area contributed by atoms with Crippen LogP contribution in [0.1, 0.15) is 88.1 Å². The molecule has 0 radical (unpaired) electrons. The predicted molar refractivity (Wildman–Crippen MR) is 132 cm³/mol. The Hall–Kier alpha value is -2.35. The first-order valence-electron chi connectivity index (χ1n) is 13.1. The molecule has 2 aliphatic rings. The van der Waals surface area contributed by atoms with Gasteiger partial charge in [0, 0.05) is 44.3 Å². The number of halogens is 2. The van der Waals surface area contributed by atoms with E-state index in [2.05, 4.69) is 38.8 Å². The molecule has 1 aromatic heterocycles. The number of alkyl halides is 2. The van der Waals surface area contributed by atoms with Crippen LogP contribution in [0.4, 0.5) is 8.78 Å². The number of aromatic nitrogens is 3. The Morgan fingerprint density at radius 2 is 1.80 bits per heavy atom. The van der Waals surface area contributed by atoms with Crippen molar-refractivity contribution in [1.29, 1.82) is 0 Å². The molecule has 6 nitrogen and oxygen atoms in total. The van der Waals surface area contributed by atoms with Crippen molar-refractivity contribution in [2.75, 3.05) is 13.1 Å².